The molecular formula is C23H32O5. The molecule has 0 amide bonds. The SMILES string of the molecule is CC(=O)O[C@@H]1CC[C@@]2(C)[C@@H](CC[C@H]3[C@H]2C(=O)C[C@]2(C)[C@H]3C[C@H]3O[C@]32C(C)=O)C1. The highest BCUT2D eigenvalue weighted by atomic mass is 16.6. The van der Waals surface area contributed by atoms with E-state index in [4.69, 9.17) is 9.47 Å². The molecule has 0 N–H and O–H groups in total. The van der Waals surface area contributed by atoms with E-state index in [0.717, 1.165) is 38.5 Å². The molecule has 1 saturated heterocycles. The van der Waals surface area contributed by atoms with Crippen LogP contribution in [0.1, 0.15) is 72.6 Å². The van der Waals surface area contributed by atoms with Crippen molar-refractivity contribution in [1.29, 1.82) is 0 Å². The van der Waals surface area contributed by atoms with Crippen LogP contribution in [0.5, 0.6) is 0 Å². The minimum atomic E-state index is -0.691. The number of epoxide rings is 1. The fourth-order valence-electron chi connectivity index (χ4n) is 8.44. The molecule has 4 saturated carbocycles. The predicted molar refractivity (Wildman–Crippen MR) is 101 cm³/mol. The quantitative estimate of drug-likeness (QED) is 0.535. The average molecular weight is 389 g/mol. The van der Waals surface area contributed by atoms with E-state index in [1.54, 1.807) is 6.92 Å². The van der Waals surface area contributed by atoms with E-state index in [9.17, 15) is 14.4 Å². The summed E-state index contributed by atoms with van der Waals surface area (Å²) in [6, 6.07) is 0. The summed E-state index contributed by atoms with van der Waals surface area (Å²) in [6.07, 6.45) is 6.26. The molecule has 0 aromatic heterocycles. The van der Waals surface area contributed by atoms with Gasteiger partial charge in [-0.3, -0.25) is 14.4 Å². The average Bonchev–Trinajstić information content (AvgIpc) is 3.28. The fraction of sp³-hybridized carbons (Fsp3) is 0.870. The fourth-order valence-corrected chi connectivity index (χ4v) is 8.44. The van der Waals surface area contributed by atoms with Crippen molar-refractivity contribution in [3.63, 3.8) is 0 Å². The molecule has 5 aliphatic rings. The van der Waals surface area contributed by atoms with Crippen molar-refractivity contribution < 1.29 is 23.9 Å². The van der Waals surface area contributed by atoms with Gasteiger partial charge in [0.15, 0.2) is 11.4 Å². The summed E-state index contributed by atoms with van der Waals surface area (Å²) in [4.78, 5) is 37.4. The molecule has 0 bridgehead atoms. The Labute approximate surface area is 166 Å². The van der Waals surface area contributed by atoms with E-state index in [0.29, 0.717) is 30.0 Å². The van der Waals surface area contributed by atoms with Gasteiger partial charge >= 0.3 is 5.97 Å². The van der Waals surface area contributed by atoms with Gasteiger partial charge in [-0.25, -0.2) is 0 Å². The number of rotatable bonds is 2. The van der Waals surface area contributed by atoms with Gasteiger partial charge in [0.05, 0.1) is 6.10 Å². The lowest BCUT2D eigenvalue weighted by Gasteiger charge is -2.60. The third-order valence-corrected chi connectivity index (χ3v) is 9.59. The van der Waals surface area contributed by atoms with Crippen molar-refractivity contribution >= 4 is 17.5 Å². The van der Waals surface area contributed by atoms with Gasteiger partial charge in [0.1, 0.15) is 11.9 Å². The number of hydrogen-bond donors (Lipinski definition) is 0. The summed E-state index contributed by atoms with van der Waals surface area (Å²) in [5, 5.41) is 0. The van der Waals surface area contributed by atoms with E-state index in [1.165, 1.54) is 6.92 Å². The Morgan fingerprint density at radius 3 is 2.54 bits per heavy atom. The van der Waals surface area contributed by atoms with Crippen LogP contribution in [-0.2, 0) is 23.9 Å². The molecule has 1 heterocycles. The Bertz CT molecular complexity index is 760. The molecule has 28 heavy (non-hydrogen) atoms. The lowest BCUT2D eigenvalue weighted by molar-refractivity contribution is -0.174. The first kappa shape index (κ1) is 18.8. The summed E-state index contributed by atoms with van der Waals surface area (Å²) in [5.41, 5.74) is -1.03. The van der Waals surface area contributed by atoms with Crippen LogP contribution in [0.2, 0.25) is 0 Å². The van der Waals surface area contributed by atoms with Crippen LogP contribution in [0.4, 0.5) is 0 Å². The van der Waals surface area contributed by atoms with Crippen molar-refractivity contribution in [2.24, 2.45) is 34.5 Å². The summed E-state index contributed by atoms with van der Waals surface area (Å²) in [5.74, 6) is 1.55. The normalized spacial score (nSPS) is 54.1. The standard InChI is InChI=1S/C23H32O5/c1-12(24)23-19(28-23)10-17-16-6-5-14-9-15(27-13(2)25)7-8-21(14,3)20(16)18(26)11-22(17,23)4/h14-17,19-20H,5-11H2,1-4H3/t14-,15+,16+,17-,19+,20-,21-,22+,23+/m0/s1. The zero-order valence-electron chi connectivity index (χ0n) is 17.5. The number of hydrogen-bond acceptors (Lipinski definition) is 5. The molecule has 0 unspecified atom stereocenters. The zero-order valence-corrected chi connectivity index (χ0v) is 17.5. The molecule has 0 aromatic rings. The Hall–Kier alpha value is -1.23. The van der Waals surface area contributed by atoms with E-state index in [1.807, 2.05) is 0 Å². The summed E-state index contributed by atoms with van der Waals surface area (Å²) >= 11 is 0. The molecule has 0 radical (unpaired) electrons. The summed E-state index contributed by atoms with van der Waals surface area (Å²) in [7, 11) is 0. The van der Waals surface area contributed by atoms with Gasteiger partial charge in [0.2, 0.25) is 0 Å². The number of fused-ring (bicyclic) bond motifs is 7. The van der Waals surface area contributed by atoms with Crippen molar-refractivity contribution in [2.75, 3.05) is 0 Å². The van der Waals surface area contributed by atoms with Crippen LogP contribution in [-0.4, -0.2) is 35.3 Å². The minimum Gasteiger partial charge on any atom is -0.463 e. The maximum Gasteiger partial charge on any atom is 0.302 e. The molecule has 1 aliphatic heterocycles. The zero-order chi connectivity index (χ0) is 20.1. The molecule has 0 spiro atoms. The van der Waals surface area contributed by atoms with Crippen LogP contribution in [0.3, 0.4) is 0 Å². The highest BCUT2D eigenvalue weighted by Gasteiger charge is 2.80. The van der Waals surface area contributed by atoms with Crippen LogP contribution in [0.25, 0.3) is 0 Å². The Balaban J connectivity index is 1.44. The molecule has 5 heteroatoms. The third-order valence-electron chi connectivity index (χ3n) is 9.59. The van der Waals surface area contributed by atoms with Crippen molar-refractivity contribution in [3.05, 3.63) is 0 Å². The predicted octanol–water partition coefficient (Wildman–Crippen LogP) is 3.48. The van der Waals surface area contributed by atoms with E-state index < -0.39 is 5.60 Å². The second kappa shape index (κ2) is 5.68. The molecule has 5 rings (SSSR count). The first-order valence-corrected chi connectivity index (χ1v) is 11.0. The Morgan fingerprint density at radius 1 is 1.11 bits per heavy atom. The van der Waals surface area contributed by atoms with Crippen molar-refractivity contribution in [2.45, 2.75) is 90.4 Å². The molecule has 4 aliphatic carbocycles. The van der Waals surface area contributed by atoms with Gasteiger partial charge in [-0.15, -0.1) is 0 Å². The maximum absolute atomic E-state index is 13.6. The number of carbonyl (C=O) groups excluding carboxylic acids is 3. The molecule has 154 valence electrons. The highest BCUT2D eigenvalue weighted by molar-refractivity contribution is 5.93. The van der Waals surface area contributed by atoms with E-state index in [2.05, 4.69) is 13.8 Å². The van der Waals surface area contributed by atoms with Gasteiger partial charge in [0, 0.05) is 24.7 Å². The van der Waals surface area contributed by atoms with Crippen molar-refractivity contribution in [1.82, 2.24) is 0 Å². The number of Topliss-reactive ketones (excluding diaryl/α,β-unsaturated/α-hetero) is 2. The van der Waals surface area contributed by atoms with E-state index in [-0.39, 0.29) is 40.7 Å². The van der Waals surface area contributed by atoms with Gasteiger partial charge in [0.25, 0.3) is 0 Å². The lowest BCUT2D eigenvalue weighted by atomic mass is 9.44. The first-order chi connectivity index (χ1) is 13.1. The first-order valence-electron chi connectivity index (χ1n) is 11.0. The Morgan fingerprint density at radius 2 is 1.86 bits per heavy atom. The largest absolute Gasteiger partial charge is 0.463 e. The minimum absolute atomic E-state index is 0.00425. The van der Waals surface area contributed by atoms with Gasteiger partial charge in [-0.05, 0) is 68.6 Å². The molecule has 5 nitrogen and oxygen atoms in total. The Kier molecular flexibility index (Phi) is 3.81. The van der Waals surface area contributed by atoms with Crippen LogP contribution >= 0.6 is 0 Å². The highest BCUT2D eigenvalue weighted by Crippen LogP contribution is 2.73. The van der Waals surface area contributed by atoms with Crippen LogP contribution < -0.4 is 0 Å². The van der Waals surface area contributed by atoms with Crippen LogP contribution in [0, 0.1) is 34.5 Å². The smallest absolute Gasteiger partial charge is 0.302 e. The van der Waals surface area contributed by atoms with E-state index >= 15 is 0 Å². The number of ketones is 2. The monoisotopic (exact) mass is 388 g/mol. The lowest BCUT2D eigenvalue weighted by Crippen LogP contribution is -2.60. The second-order valence-electron chi connectivity index (χ2n) is 10.7. The second-order valence-corrected chi connectivity index (χ2v) is 10.7. The molecule has 0 aromatic carbocycles. The van der Waals surface area contributed by atoms with Gasteiger partial charge in [-0.1, -0.05) is 13.8 Å². The van der Waals surface area contributed by atoms with Crippen LogP contribution in [0.15, 0.2) is 0 Å². The maximum atomic E-state index is 13.6. The molecular weight excluding hydrogens is 356 g/mol. The van der Waals surface area contributed by atoms with Gasteiger partial charge in [-0.2, -0.15) is 0 Å². The third kappa shape index (κ3) is 2.15. The number of carbonyl (C=O) groups is 3. The topological polar surface area (TPSA) is 73.0 Å². The summed E-state index contributed by atoms with van der Waals surface area (Å²) in [6.45, 7) is 7.57. The number of ether oxygens (including phenoxy) is 2. The number of esters is 1. The van der Waals surface area contributed by atoms with Gasteiger partial charge < -0.3 is 9.47 Å². The van der Waals surface area contributed by atoms with Crippen molar-refractivity contribution in [3.8, 4) is 0 Å². The molecule has 5 fully saturated rings. The summed E-state index contributed by atoms with van der Waals surface area (Å²) < 4.78 is 11.4. The molecule has 9 atom stereocenters.